The quantitative estimate of drug-likeness (QED) is 0.0319. The number of pyridine rings is 1. The molecule has 2 heterocycles. The van der Waals surface area contributed by atoms with Crippen molar-refractivity contribution in [2.24, 2.45) is 28.1 Å². The number of nitrogens with one attached hydrogen (secondary N) is 6. The van der Waals surface area contributed by atoms with Crippen molar-refractivity contribution in [3.05, 3.63) is 102 Å². The van der Waals surface area contributed by atoms with Gasteiger partial charge in [0.15, 0.2) is 5.96 Å². The summed E-state index contributed by atoms with van der Waals surface area (Å²) >= 11 is 0. The van der Waals surface area contributed by atoms with Crippen molar-refractivity contribution < 1.29 is 28.8 Å². The number of aromatic amines is 1. The first-order chi connectivity index (χ1) is 27.3. The molecule has 12 N–H and O–H groups in total. The Morgan fingerprint density at radius 3 is 2.09 bits per heavy atom. The molecule has 0 bridgehead atoms. The number of para-hydroxylation sites is 1. The maximum atomic E-state index is 13.8. The van der Waals surface area contributed by atoms with Crippen LogP contribution in [-0.2, 0) is 36.8 Å². The van der Waals surface area contributed by atoms with Gasteiger partial charge in [-0.1, -0.05) is 62.4 Å². The number of nitrogens with two attached hydrogens (primary N) is 3. The first-order valence-corrected chi connectivity index (χ1v) is 18.6. The summed E-state index contributed by atoms with van der Waals surface area (Å²) in [6.07, 6.45) is 5.46. The van der Waals surface area contributed by atoms with Crippen molar-refractivity contribution >= 4 is 52.3 Å². The largest absolute Gasteiger partial charge is 0.370 e. The van der Waals surface area contributed by atoms with Crippen molar-refractivity contribution in [1.82, 2.24) is 36.6 Å². The van der Waals surface area contributed by atoms with E-state index in [1.54, 1.807) is 6.20 Å². The van der Waals surface area contributed by atoms with Crippen molar-refractivity contribution in [1.29, 1.82) is 0 Å². The van der Waals surface area contributed by atoms with Crippen LogP contribution >= 0.6 is 0 Å². The van der Waals surface area contributed by atoms with Gasteiger partial charge in [0.2, 0.25) is 29.5 Å². The van der Waals surface area contributed by atoms with Crippen molar-refractivity contribution in [3.63, 3.8) is 0 Å². The molecule has 0 fully saturated rings. The Kier molecular flexibility index (Phi) is 16.1. The van der Waals surface area contributed by atoms with E-state index in [1.165, 1.54) is 24.5 Å². The number of hydrogen-bond donors (Lipinski definition) is 9. The third-order valence-electron chi connectivity index (χ3n) is 8.97. The van der Waals surface area contributed by atoms with Gasteiger partial charge in [-0.25, -0.2) is 0 Å². The number of benzene rings is 2. The van der Waals surface area contributed by atoms with Gasteiger partial charge in [-0.2, -0.15) is 0 Å². The molecule has 0 saturated heterocycles. The van der Waals surface area contributed by atoms with Gasteiger partial charge in [0.25, 0.3) is 5.91 Å². The Labute approximate surface area is 330 Å². The van der Waals surface area contributed by atoms with Crippen molar-refractivity contribution in [2.75, 3.05) is 13.1 Å². The van der Waals surface area contributed by atoms with Crippen LogP contribution < -0.4 is 43.8 Å². The minimum atomic E-state index is -1.16. The fraction of sp³-hybridized carbons (Fsp3) is 0.350. The van der Waals surface area contributed by atoms with Gasteiger partial charge in [0, 0.05) is 54.4 Å². The maximum Gasteiger partial charge on any atom is 0.252 e. The fourth-order valence-corrected chi connectivity index (χ4v) is 6.10. The number of nitrogens with zero attached hydrogens (tertiary/aromatic N) is 2. The average molecular weight is 782 g/mol. The maximum absolute atomic E-state index is 13.8. The lowest BCUT2D eigenvalue weighted by Crippen LogP contribution is -2.57. The molecule has 4 atom stereocenters. The highest BCUT2D eigenvalue weighted by atomic mass is 16.2. The van der Waals surface area contributed by atoms with Crippen LogP contribution in [0, 0.1) is 5.92 Å². The van der Waals surface area contributed by atoms with Crippen LogP contribution in [0.4, 0.5) is 0 Å². The van der Waals surface area contributed by atoms with Crippen LogP contribution in [0.15, 0.2) is 90.3 Å². The summed E-state index contributed by atoms with van der Waals surface area (Å²) < 4.78 is 0. The number of amides is 6. The first kappa shape index (κ1) is 43.0. The van der Waals surface area contributed by atoms with Crippen molar-refractivity contribution in [2.45, 2.75) is 70.1 Å². The Morgan fingerprint density at radius 1 is 0.737 bits per heavy atom. The molecule has 2 aromatic carbocycles. The molecule has 0 aliphatic heterocycles. The summed E-state index contributed by atoms with van der Waals surface area (Å²) in [7, 11) is 0. The highest BCUT2D eigenvalue weighted by molar-refractivity contribution is 5.98. The lowest BCUT2D eigenvalue weighted by atomic mass is 10.0. The second kappa shape index (κ2) is 21.3. The minimum absolute atomic E-state index is 0.0705. The van der Waals surface area contributed by atoms with Gasteiger partial charge in [-0.05, 0) is 54.5 Å². The Hall–Kier alpha value is -6.78. The van der Waals surface area contributed by atoms with E-state index in [-0.39, 0.29) is 50.5 Å². The van der Waals surface area contributed by atoms with Crippen LogP contribution in [0.2, 0.25) is 0 Å². The predicted molar refractivity (Wildman–Crippen MR) is 215 cm³/mol. The molecule has 0 spiro atoms. The molecule has 4 aromatic rings. The number of aromatic nitrogens is 2. The normalized spacial score (nSPS) is 13.0. The monoisotopic (exact) mass is 781 g/mol. The molecule has 6 amide bonds. The summed E-state index contributed by atoms with van der Waals surface area (Å²) in [5.74, 6) is -4.10. The minimum Gasteiger partial charge on any atom is -0.370 e. The molecule has 0 radical (unpaired) electrons. The van der Waals surface area contributed by atoms with Gasteiger partial charge >= 0.3 is 0 Å². The number of primary amides is 1. The molecular weight excluding hydrogens is 731 g/mol. The third kappa shape index (κ3) is 13.8. The average Bonchev–Trinajstić information content (AvgIpc) is 3.60. The fourth-order valence-electron chi connectivity index (χ4n) is 6.10. The summed E-state index contributed by atoms with van der Waals surface area (Å²) in [6, 6.07) is 15.2. The zero-order chi connectivity index (χ0) is 41.3. The molecule has 0 saturated carbocycles. The van der Waals surface area contributed by atoms with Crippen LogP contribution in [0.25, 0.3) is 10.9 Å². The summed E-state index contributed by atoms with van der Waals surface area (Å²) in [6.45, 7) is 3.37. The summed E-state index contributed by atoms with van der Waals surface area (Å²) in [5, 5.41) is 14.2. The molecular formula is C40H51N11O6. The van der Waals surface area contributed by atoms with Crippen LogP contribution in [0.5, 0.6) is 0 Å². The smallest absolute Gasteiger partial charge is 0.252 e. The zero-order valence-electron chi connectivity index (χ0n) is 32.0. The van der Waals surface area contributed by atoms with E-state index in [4.69, 9.17) is 17.2 Å². The number of H-pyrrole nitrogens is 1. The Balaban J connectivity index is 1.43. The van der Waals surface area contributed by atoms with E-state index in [0.717, 1.165) is 22.0 Å². The van der Waals surface area contributed by atoms with Crippen molar-refractivity contribution in [3.8, 4) is 0 Å². The standard InChI is InChI=1S/C40H51N11O6/c1-24(2)19-32(48-34(52)23-47-37(55)33(20-25-9-4-3-5-10-25)51-36(54)26-14-17-44-18-15-26)39(57)49-30(13-8-16-45-40(42)43)38(56)50-31(35(41)53)21-27-22-46-29-12-7-6-11-28(27)29/h3-7,9-12,14-15,17-18,22,24,30-33,46H,8,13,16,19-21,23H2,1-2H3,(H2,41,53)(H,47,55)(H,48,52)(H,49,57)(H,50,56)(H,51,54)(H4,42,43,45)/t30-,31-,32-,33-/m0/s1. The number of carbonyl (C=O) groups excluding carboxylic acids is 6. The highest BCUT2D eigenvalue weighted by Gasteiger charge is 2.30. The molecule has 2 aromatic heterocycles. The molecule has 57 heavy (non-hydrogen) atoms. The van der Waals surface area contributed by atoms with E-state index in [0.29, 0.717) is 5.56 Å². The number of carbonyl (C=O) groups is 6. The summed E-state index contributed by atoms with van der Waals surface area (Å²) in [5.41, 5.74) is 19.3. The second-order valence-electron chi connectivity index (χ2n) is 14.0. The van der Waals surface area contributed by atoms with E-state index in [1.807, 2.05) is 68.4 Å². The summed E-state index contributed by atoms with van der Waals surface area (Å²) in [4.78, 5) is 90.7. The molecule has 0 aliphatic carbocycles. The van der Waals surface area contributed by atoms with Crippen LogP contribution in [-0.4, -0.2) is 88.6 Å². The van der Waals surface area contributed by atoms with Gasteiger partial charge in [-0.15, -0.1) is 0 Å². The second-order valence-corrected chi connectivity index (χ2v) is 14.0. The highest BCUT2D eigenvalue weighted by Crippen LogP contribution is 2.19. The predicted octanol–water partition coefficient (Wildman–Crippen LogP) is 0.302. The molecule has 0 unspecified atom stereocenters. The zero-order valence-corrected chi connectivity index (χ0v) is 32.0. The van der Waals surface area contributed by atoms with Crippen LogP contribution in [0.3, 0.4) is 0 Å². The third-order valence-corrected chi connectivity index (χ3v) is 8.97. The molecule has 0 aliphatic rings. The number of fused-ring (bicyclic) bond motifs is 1. The Bertz CT molecular complexity index is 2020. The number of guanidine groups is 1. The SMILES string of the molecule is CC(C)C[C@H](NC(=O)CNC(=O)[C@H](Cc1ccccc1)NC(=O)c1ccncc1)C(=O)N[C@@H](CCCN=C(N)N)C(=O)N[C@@H](Cc1c[nH]c2ccccc12)C(N)=O. The van der Waals surface area contributed by atoms with Gasteiger partial charge < -0.3 is 48.8 Å². The topological polar surface area (TPSA) is 282 Å². The van der Waals surface area contributed by atoms with Crippen LogP contribution in [0.1, 0.15) is 54.6 Å². The number of aliphatic imine (C=N–C) groups is 1. The lowest BCUT2D eigenvalue weighted by Gasteiger charge is -2.25. The van der Waals surface area contributed by atoms with E-state index < -0.39 is 66.2 Å². The number of hydrogen-bond acceptors (Lipinski definition) is 8. The van der Waals surface area contributed by atoms with E-state index in [9.17, 15) is 28.8 Å². The van der Waals surface area contributed by atoms with Gasteiger partial charge in [-0.3, -0.25) is 38.7 Å². The molecule has 4 rings (SSSR count). The first-order valence-electron chi connectivity index (χ1n) is 18.6. The Morgan fingerprint density at radius 2 is 1.40 bits per heavy atom. The van der Waals surface area contributed by atoms with Gasteiger partial charge in [0.05, 0.1) is 6.54 Å². The molecule has 17 nitrogen and oxygen atoms in total. The number of rotatable bonds is 21. The van der Waals surface area contributed by atoms with E-state index in [2.05, 4.69) is 41.5 Å². The lowest BCUT2D eigenvalue weighted by molar-refractivity contribution is -0.133. The van der Waals surface area contributed by atoms with E-state index >= 15 is 0 Å². The molecule has 302 valence electrons. The molecule has 17 heteroatoms. The van der Waals surface area contributed by atoms with Gasteiger partial charge in [0.1, 0.15) is 24.2 Å².